The molecular weight excluding hydrogens is 381 g/mol. The highest BCUT2D eigenvalue weighted by Crippen LogP contribution is 2.48. The second-order valence-corrected chi connectivity index (χ2v) is 7.76. The summed E-state index contributed by atoms with van der Waals surface area (Å²) in [5.74, 6) is 0. The first kappa shape index (κ1) is 17.3. The number of nitrogens with zero attached hydrogens (tertiary/aromatic N) is 3. The molecule has 0 N–H and O–H groups in total. The lowest BCUT2D eigenvalue weighted by Crippen LogP contribution is -1.90. The van der Waals surface area contributed by atoms with Crippen LogP contribution >= 0.6 is 11.3 Å². The second-order valence-electron chi connectivity index (χ2n) is 6.73. The van der Waals surface area contributed by atoms with Gasteiger partial charge in [-0.25, -0.2) is 9.37 Å². The fourth-order valence-corrected chi connectivity index (χ4v) is 4.74. The molecule has 0 atom stereocenters. The molecule has 4 aromatic rings. The highest BCUT2D eigenvalue weighted by molar-refractivity contribution is 7.19. The molecule has 5 rings (SSSR count). The first-order chi connectivity index (χ1) is 14.2. The van der Waals surface area contributed by atoms with Crippen LogP contribution < -0.4 is 0 Å². The van der Waals surface area contributed by atoms with Gasteiger partial charge in [-0.3, -0.25) is 0 Å². The number of aromatic nitrogens is 1. The molecule has 0 amide bonds. The van der Waals surface area contributed by atoms with Crippen LogP contribution in [0.5, 0.6) is 0 Å². The van der Waals surface area contributed by atoms with Crippen LogP contribution in [-0.2, 0) is 6.67 Å². The largest absolute Gasteiger partial charge is 0.246 e. The lowest BCUT2D eigenvalue weighted by Gasteiger charge is -2.06. The van der Waals surface area contributed by atoms with Crippen LogP contribution in [0.3, 0.4) is 0 Å². The molecule has 3 nitrogen and oxygen atoms in total. The first-order valence-corrected chi connectivity index (χ1v) is 9.79. The van der Waals surface area contributed by atoms with Crippen LogP contribution in [0.15, 0.2) is 60.7 Å². The van der Waals surface area contributed by atoms with E-state index in [1.165, 1.54) is 11.3 Å². The van der Waals surface area contributed by atoms with Crippen molar-refractivity contribution < 1.29 is 4.39 Å². The molecular formula is C24H12FN3S. The number of halogens is 1. The zero-order chi connectivity index (χ0) is 20.0. The topological polar surface area (TPSA) is 60.5 Å². The molecule has 3 aromatic carbocycles. The van der Waals surface area contributed by atoms with Gasteiger partial charge in [-0.05, 0) is 58.1 Å². The number of hydrogen-bond acceptors (Lipinski definition) is 4. The van der Waals surface area contributed by atoms with Crippen LogP contribution in [-0.4, -0.2) is 4.98 Å². The molecule has 1 aromatic heterocycles. The predicted octanol–water partition coefficient (Wildman–Crippen LogP) is 6.10. The Bertz CT molecular complexity index is 1380. The number of nitriles is 2. The number of rotatable bonds is 2. The Labute approximate surface area is 170 Å². The molecule has 29 heavy (non-hydrogen) atoms. The quantitative estimate of drug-likeness (QED) is 0.340. The maximum Gasteiger partial charge on any atom is 0.135 e. The summed E-state index contributed by atoms with van der Waals surface area (Å²) in [4.78, 5) is 4.67. The van der Waals surface area contributed by atoms with Crippen LogP contribution in [0.1, 0.15) is 27.3 Å². The van der Waals surface area contributed by atoms with E-state index in [4.69, 9.17) is 0 Å². The zero-order valence-electron chi connectivity index (χ0n) is 15.1. The number of hydrogen-bond donors (Lipinski definition) is 0. The molecule has 0 saturated heterocycles. The van der Waals surface area contributed by atoms with Crippen molar-refractivity contribution in [2.45, 2.75) is 6.67 Å². The van der Waals surface area contributed by atoms with E-state index in [0.717, 1.165) is 38.0 Å². The van der Waals surface area contributed by atoms with Gasteiger partial charge in [0.25, 0.3) is 0 Å². The van der Waals surface area contributed by atoms with Crippen molar-refractivity contribution >= 4 is 32.7 Å². The van der Waals surface area contributed by atoms with Crippen molar-refractivity contribution in [2.24, 2.45) is 0 Å². The van der Waals surface area contributed by atoms with Crippen LogP contribution in [0.4, 0.5) is 4.39 Å². The van der Waals surface area contributed by atoms with E-state index in [2.05, 4.69) is 17.1 Å². The van der Waals surface area contributed by atoms with Gasteiger partial charge in [-0.15, -0.1) is 11.3 Å². The first-order valence-electron chi connectivity index (χ1n) is 8.98. The Morgan fingerprint density at radius 1 is 0.931 bits per heavy atom. The highest BCUT2D eigenvalue weighted by Gasteiger charge is 2.28. The molecule has 5 heteroatoms. The summed E-state index contributed by atoms with van der Waals surface area (Å²) in [5.41, 5.74) is 6.64. The minimum absolute atomic E-state index is 0.490. The van der Waals surface area contributed by atoms with E-state index in [-0.39, 0.29) is 0 Å². The fourth-order valence-electron chi connectivity index (χ4n) is 3.77. The summed E-state index contributed by atoms with van der Waals surface area (Å²) in [6.45, 7) is -0.567. The molecule has 0 fully saturated rings. The Morgan fingerprint density at radius 3 is 2.41 bits per heavy atom. The van der Waals surface area contributed by atoms with Gasteiger partial charge in [0.2, 0.25) is 0 Å². The van der Waals surface area contributed by atoms with E-state index in [0.29, 0.717) is 21.7 Å². The number of para-hydroxylation sites is 1. The minimum atomic E-state index is -0.567. The van der Waals surface area contributed by atoms with Crippen molar-refractivity contribution in [3.05, 3.63) is 87.9 Å². The minimum Gasteiger partial charge on any atom is -0.246 e. The van der Waals surface area contributed by atoms with E-state index in [1.54, 1.807) is 24.3 Å². The van der Waals surface area contributed by atoms with Crippen LogP contribution in [0.2, 0.25) is 0 Å². The van der Waals surface area contributed by atoms with Gasteiger partial charge in [0, 0.05) is 5.57 Å². The maximum absolute atomic E-state index is 13.3. The average Bonchev–Trinajstić information content (AvgIpc) is 3.33. The van der Waals surface area contributed by atoms with Crippen LogP contribution in [0, 0.1) is 22.7 Å². The molecule has 0 radical (unpaired) electrons. The average molecular weight is 393 g/mol. The number of thiazole rings is 1. The Morgan fingerprint density at radius 2 is 1.69 bits per heavy atom. The molecule has 0 unspecified atom stereocenters. The van der Waals surface area contributed by atoms with Crippen molar-refractivity contribution in [3.8, 4) is 23.3 Å². The Hall–Kier alpha value is -3.80. The van der Waals surface area contributed by atoms with Crippen molar-refractivity contribution in [1.29, 1.82) is 10.5 Å². The second kappa shape index (κ2) is 6.67. The third kappa shape index (κ3) is 2.64. The van der Waals surface area contributed by atoms with Gasteiger partial charge < -0.3 is 0 Å². The van der Waals surface area contributed by atoms with Crippen LogP contribution in [0.25, 0.3) is 32.5 Å². The summed E-state index contributed by atoms with van der Waals surface area (Å²) in [6.07, 6.45) is 0. The molecule has 0 spiro atoms. The van der Waals surface area contributed by atoms with Gasteiger partial charge in [-0.2, -0.15) is 10.5 Å². The summed E-state index contributed by atoms with van der Waals surface area (Å²) < 4.78 is 14.3. The zero-order valence-corrected chi connectivity index (χ0v) is 15.9. The van der Waals surface area contributed by atoms with E-state index < -0.39 is 6.67 Å². The summed E-state index contributed by atoms with van der Waals surface area (Å²) >= 11 is 1.48. The number of fused-ring (bicyclic) bond motifs is 4. The third-order valence-electron chi connectivity index (χ3n) is 5.09. The van der Waals surface area contributed by atoms with Gasteiger partial charge in [0.15, 0.2) is 0 Å². The third-order valence-corrected chi connectivity index (χ3v) is 6.14. The lowest BCUT2D eigenvalue weighted by molar-refractivity contribution is 0.485. The van der Waals surface area contributed by atoms with E-state index in [1.807, 2.05) is 36.4 Å². The fraction of sp³-hybridized carbons (Fsp3) is 0.0417. The monoisotopic (exact) mass is 393 g/mol. The summed E-state index contributed by atoms with van der Waals surface area (Å²) in [7, 11) is 0. The van der Waals surface area contributed by atoms with Crippen molar-refractivity contribution in [1.82, 2.24) is 4.98 Å². The standard InChI is InChI=1S/C24H12FN3S/c25-11-14-5-7-16-18(9-14)19-10-15(12-26)6-8-17(19)23(16)20(13-27)24-28-21-3-1-2-4-22(21)29-24/h1-10H,11H2/b23-20+. The SMILES string of the molecule is N#C/C(=C1\c2ccc(C#N)cc2-c2cc(CF)ccc21)c1nc2ccccc2s1. The normalized spacial score (nSPS) is 13.5. The van der Waals surface area contributed by atoms with Gasteiger partial charge >= 0.3 is 0 Å². The summed E-state index contributed by atoms with van der Waals surface area (Å²) in [5, 5.41) is 20.0. The molecule has 1 heterocycles. The molecule has 0 bridgehead atoms. The molecule has 0 saturated carbocycles. The van der Waals surface area contributed by atoms with Crippen molar-refractivity contribution in [3.63, 3.8) is 0 Å². The predicted molar refractivity (Wildman–Crippen MR) is 113 cm³/mol. The Balaban J connectivity index is 1.85. The number of benzene rings is 3. The Kier molecular flexibility index (Phi) is 3.98. The summed E-state index contributed by atoms with van der Waals surface area (Å²) in [6, 6.07) is 23.1. The number of alkyl halides is 1. The van der Waals surface area contributed by atoms with Gasteiger partial charge in [0.05, 0.1) is 27.4 Å². The van der Waals surface area contributed by atoms with E-state index in [9.17, 15) is 14.9 Å². The highest BCUT2D eigenvalue weighted by atomic mass is 32.1. The van der Waals surface area contributed by atoms with Gasteiger partial charge in [-0.1, -0.05) is 30.3 Å². The molecule has 136 valence electrons. The maximum atomic E-state index is 13.3. The molecule has 0 aliphatic heterocycles. The number of allylic oxidation sites excluding steroid dienone is 1. The van der Waals surface area contributed by atoms with E-state index >= 15 is 0 Å². The molecule has 1 aliphatic rings. The van der Waals surface area contributed by atoms with Gasteiger partial charge in [0.1, 0.15) is 17.8 Å². The van der Waals surface area contributed by atoms with Crippen molar-refractivity contribution in [2.75, 3.05) is 0 Å². The lowest BCUT2D eigenvalue weighted by atomic mass is 9.98. The smallest absolute Gasteiger partial charge is 0.135 e. The molecule has 1 aliphatic carbocycles.